The van der Waals surface area contributed by atoms with Crippen LogP contribution in [0.4, 0.5) is 4.39 Å². The van der Waals surface area contributed by atoms with Gasteiger partial charge in [-0.2, -0.15) is 0 Å². The van der Waals surface area contributed by atoms with E-state index in [2.05, 4.69) is 26.1 Å². The number of hydrogen-bond acceptors (Lipinski definition) is 1. The summed E-state index contributed by atoms with van der Waals surface area (Å²) in [6, 6.07) is 0.407. The minimum absolute atomic E-state index is 0.407. The molecular weight excluding hydrogens is 141 g/mol. The molecule has 11 heavy (non-hydrogen) atoms. The molecule has 1 aliphatic heterocycles. The first-order valence-electron chi connectivity index (χ1n) is 4.48. The lowest BCUT2D eigenvalue weighted by atomic mass is 9.89. The molecule has 0 aromatic carbocycles. The van der Waals surface area contributed by atoms with Crippen LogP contribution in [0.5, 0.6) is 0 Å². The van der Waals surface area contributed by atoms with Crippen molar-refractivity contribution in [3.8, 4) is 0 Å². The van der Waals surface area contributed by atoms with Gasteiger partial charge in [-0.3, -0.25) is 0 Å². The third-order valence-electron chi connectivity index (χ3n) is 2.80. The van der Waals surface area contributed by atoms with Gasteiger partial charge in [0.05, 0.1) is 0 Å². The average Bonchev–Trinajstić information content (AvgIpc) is 2.34. The van der Waals surface area contributed by atoms with Gasteiger partial charge >= 0.3 is 0 Å². The molecule has 1 N–H and O–H groups in total. The molecule has 0 aromatic heterocycles. The summed E-state index contributed by atoms with van der Waals surface area (Å²) in [6.07, 6.45) is 0.0977. The number of rotatable bonds is 2. The molecule has 0 bridgehead atoms. The van der Waals surface area contributed by atoms with E-state index in [9.17, 15) is 4.39 Å². The molecule has 0 amide bonds. The maximum atomic E-state index is 12.7. The van der Waals surface area contributed by atoms with E-state index in [-0.39, 0.29) is 0 Å². The summed E-state index contributed by atoms with van der Waals surface area (Å²) in [6.45, 7) is 7.14. The van der Waals surface area contributed by atoms with Crippen molar-refractivity contribution >= 4 is 0 Å². The number of alkyl halides is 1. The molecule has 0 saturated carbocycles. The molecular formula is C9H18FN. The van der Waals surface area contributed by atoms with Crippen molar-refractivity contribution in [1.29, 1.82) is 0 Å². The van der Waals surface area contributed by atoms with Gasteiger partial charge in [0.25, 0.3) is 0 Å². The van der Waals surface area contributed by atoms with E-state index in [1.807, 2.05) is 0 Å². The molecule has 0 aromatic rings. The highest BCUT2D eigenvalue weighted by atomic mass is 19.1. The smallest absolute Gasteiger partial charge is 0.114 e. The summed E-state index contributed by atoms with van der Waals surface area (Å²) in [5, 5.41) is 3.21. The van der Waals surface area contributed by atoms with E-state index in [0.29, 0.717) is 30.8 Å². The summed E-state index contributed by atoms with van der Waals surface area (Å²) in [7, 11) is 0. The number of halogens is 1. The molecule has 0 spiro atoms. The second-order valence-electron chi connectivity index (χ2n) is 3.95. The van der Waals surface area contributed by atoms with Crippen LogP contribution in [-0.4, -0.2) is 18.8 Å². The Morgan fingerprint density at radius 3 is 2.36 bits per heavy atom. The minimum Gasteiger partial charge on any atom is -0.311 e. The normalized spacial score (nSPS) is 34.6. The van der Waals surface area contributed by atoms with E-state index < -0.39 is 6.17 Å². The lowest BCUT2D eigenvalue weighted by Crippen LogP contribution is -2.31. The van der Waals surface area contributed by atoms with Crippen molar-refractivity contribution in [2.45, 2.75) is 39.4 Å². The van der Waals surface area contributed by atoms with Crippen molar-refractivity contribution in [2.75, 3.05) is 6.54 Å². The molecule has 2 heteroatoms. The molecule has 66 valence electrons. The Bertz CT molecular complexity index is 125. The Morgan fingerprint density at radius 1 is 1.36 bits per heavy atom. The van der Waals surface area contributed by atoms with Crippen molar-refractivity contribution in [1.82, 2.24) is 5.32 Å². The summed E-state index contributed by atoms with van der Waals surface area (Å²) < 4.78 is 12.7. The van der Waals surface area contributed by atoms with Gasteiger partial charge in [-0.15, -0.1) is 0 Å². The molecule has 1 fully saturated rings. The van der Waals surface area contributed by atoms with E-state index >= 15 is 0 Å². The quantitative estimate of drug-likeness (QED) is 0.649. The van der Waals surface area contributed by atoms with Crippen LogP contribution < -0.4 is 5.32 Å². The molecule has 1 heterocycles. The lowest BCUT2D eigenvalue weighted by Gasteiger charge is -2.22. The zero-order chi connectivity index (χ0) is 8.43. The van der Waals surface area contributed by atoms with Crippen LogP contribution in [0, 0.1) is 11.8 Å². The highest BCUT2D eigenvalue weighted by molar-refractivity contribution is 4.85. The molecule has 3 unspecified atom stereocenters. The van der Waals surface area contributed by atoms with Gasteiger partial charge in [-0.05, 0) is 18.3 Å². The second-order valence-corrected chi connectivity index (χ2v) is 3.95. The van der Waals surface area contributed by atoms with Crippen molar-refractivity contribution in [3.63, 3.8) is 0 Å². The van der Waals surface area contributed by atoms with Crippen LogP contribution in [0.2, 0.25) is 0 Å². The second kappa shape index (κ2) is 3.53. The Hall–Kier alpha value is -0.110. The highest BCUT2D eigenvalue weighted by Gasteiger charge is 2.28. The zero-order valence-electron chi connectivity index (χ0n) is 7.60. The molecule has 0 radical (unpaired) electrons. The first-order valence-corrected chi connectivity index (χ1v) is 4.48. The fourth-order valence-corrected chi connectivity index (χ4v) is 1.59. The van der Waals surface area contributed by atoms with Crippen LogP contribution >= 0.6 is 0 Å². The van der Waals surface area contributed by atoms with Crippen molar-refractivity contribution in [3.05, 3.63) is 0 Å². The maximum absolute atomic E-state index is 12.7. The predicted octanol–water partition coefficient (Wildman–Crippen LogP) is 1.98. The Balaban J connectivity index is 2.36. The Kier molecular flexibility index (Phi) is 2.88. The maximum Gasteiger partial charge on any atom is 0.114 e. The van der Waals surface area contributed by atoms with Gasteiger partial charge in [-0.1, -0.05) is 20.8 Å². The summed E-state index contributed by atoms with van der Waals surface area (Å²) in [4.78, 5) is 0. The van der Waals surface area contributed by atoms with E-state index in [4.69, 9.17) is 0 Å². The highest BCUT2D eigenvalue weighted by Crippen LogP contribution is 2.22. The molecule has 3 atom stereocenters. The summed E-state index contributed by atoms with van der Waals surface area (Å²) in [5.74, 6) is 1.24. The molecule has 1 nitrogen and oxygen atoms in total. The summed E-state index contributed by atoms with van der Waals surface area (Å²) in [5.41, 5.74) is 0. The molecule has 0 aliphatic carbocycles. The predicted molar refractivity (Wildman–Crippen MR) is 45.3 cm³/mol. The monoisotopic (exact) mass is 159 g/mol. The number of nitrogens with one attached hydrogen (secondary N) is 1. The minimum atomic E-state index is -0.610. The van der Waals surface area contributed by atoms with E-state index in [1.165, 1.54) is 0 Å². The Morgan fingerprint density at radius 2 is 2.00 bits per heavy atom. The molecule has 1 saturated heterocycles. The largest absolute Gasteiger partial charge is 0.311 e. The van der Waals surface area contributed by atoms with Gasteiger partial charge in [0.15, 0.2) is 0 Å². The first-order chi connectivity index (χ1) is 5.11. The third-order valence-corrected chi connectivity index (χ3v) is 2.80. The molecule has 1 aliphatic rings. The standard InChI is InChI=1S/C9H18FN/c1-6(2)7(3)9-4-8(10)5-11-9/h6-9,11H,4-5H2,1-3H3. The first kappa shape index (κ1) is 8.98. The van der Waals surface area contributed by atoms with E-state index in [1.54, 1.807) is 0 Å². The van der Waals surface area contributed by atoms with Crippen LogP contribution in [0.3, 0.4) is 0 Å². The van der Waals surface area contributed by atoms with Gasteiger partial charge in [0, 0.05) is 12.6 Å². The topological polar surface area (TPSA) is 12.0 Å². The third kappa shape index (κ3) is 2.16. The average molecular weight is 159 g/mol. The van der Waals surface area contributed by atoms with Crippen molar-refractivity contribution < 1.29 is 4.39 Å². The molecule has 1 rings (SSSR count). The fraction of sp³-hybridized carbons (Fsp3) is 1.00. The zero-order valence-corrected chi connectivity index (χ0v) is 7.60. The van der Waals surface area contributed by atoms with Gasteiger partial charge in [-0.25, -0.2) is 4.39 Å². The lowest BCUT2D eigenvalue weighted by molar-refractivity contribution is 0.300. The Labute approximate surface area is 68.4 Å². The van der Waals surface area contributed by atoms with Crippen LogP contribution in [0.25, 0.3) is 0 Å². The summed E-state index contributed by atoms with van der Waals surface area (Å²) >= 11 is 0. The van der Waals surface area contributed by atoms with Crippen LogP contribution in [-0.2, 0) is 0 Å². The van der Waals surface area contributed by atoms with Gasteiger partial charge in [0.2, 0.25) is 0 Å². The van der Waals surface area contributed by atoms with E-state index in [0.717, 1.165) is 0 Å². The SMILES string of the molecule is CC(C)C(C)C1CC(F)CN1. The van der Waals surface area contributed by atoms with Gasteiger partial charge in [0.1, 0.15) is 6.17 Å². The number of hydrogen-bond donors (Lipinski definition) is 1. The van der Waals surface area contributed by atoms with Crippen LogP contribution in [0.15, 0.2) is 0 Å². The van der Waals surface area contributed by atoms with Crippen molar-refractivity contribution in [2.24, 2.45) is 11.8 Å². The van der Waals surface area contributed by atoms with Crippen LogP contribution in [0.1, 0.15) is 27.2 Å². The fourth-order valence-electron chi connectivity index (χ4n) is 1.59. The van der Waals surface area contributed by atoms with Gasteiger partial charge < -0.3 is 5.32 Å².